The van der Waals surface area contributed by atoms with Crippen LogP contribution in [0, 0.1) is 5.92 Å². The quantitative estimate of drug-likeness (QED) is 0.573. The molecule has 0 unspecified atom stereocenters. The second-order valence-electron chi connectivity index (χ2n) is 9.31. The molecule has 2 aromatic rings. The highest BCUT2D eigenvalue weighted by molar-refractivity contribution is 7.92. The molecule has 0 spiro atoms. The summed E-state index contributed by atoms with van der Waals surface area (Å²) in [6.07, 6.45) is 2.07. The van der Waals surface area contributed by atoms with Crippen molar-refractivity contribution in [2.45, 2.75) is 38.8 Å². The Kier molecular flexibility index (Phi) is 8.39. The number of hydrogen-bond acceptors (Lipinski definition) is 6. The van der Waals surface area contributed by atoms with Crippen molar-refractivity contribution in [2.24, 2.45) is 5.92 Å². The zero-order valence-corrected chi connectivity index (χ0v) is 21.3. The maximum absolute atomic E-state index is 13.2. The van der Waals surface area contributed by atoms with E-state index in [0.717, 1.165) is 16.1 Å². The molecular weight excluding hydrogens is 470 g/mol. The van der Waals surface area contributed by atoms with Gasteiger partial charge in [0.2, 0.25) is 10.0 Å². The summed E-state index contributed by atoms with van der Waals surface area (Å²) in [6.45, 7) is 4.02. The number of carbonyl (C=O) groups excluding carboxylic acids is 2. The number of aliphatic hydroxyl groups excluding tert-OH is 1. The van der Waals surface area contributed by atoms with E-state index in [1.54, 1.807) is 0 Å². The zero-order chi connectivity index (χ0) is 25.8. The molecule has 10 heteroatoms. The number of rotatable bonds is 5. The number of fused-ring (bicyclic) bond motifs is 4. The van der Waals surface area contributed by atoms with E-state index in [9.17, 15) is 23.1 Å². The minimum Gasteiger partial charge on any atom is -0.491 e. The van der Waals surface area contributed by atoms with E-state index < -0.39 is 27.9 Å². The minimum absolute atomic E-state index is 0.113. The normalized spacial score (nSPS) is 19.1. The van der Waals surface area contributed by atoms with Crippen LogP contribution in [0.4, 0.5) is 5.69 Å². The fourth-order valence-corrected chi connectivity index (χ4v) is 4.41. The van der Waals surface area contributed by atoms with Crippen LogP contribution in [0.2, 0.25) is 0 Å². The Hall–Kier alpha value is -3.11. The molecular formula is C25H33N3O6S. The second kappa shape index (κ2) is 11.1. The number of nitrogens with zero attached hydrogens (tertiary/aromatic N) is 1. The van der Waals surface area contributed by atoms with Gasteiger partial charge in [-0.25, -0.2) is 8.42 Å². The molecule has 3 N–H and O–H groups in total. The highest BCUT2D eigenvalue weighted by Crippen LogP contribution is 2.22. The number of sulfonamides is 1. The number of carbonyl (C=O) groups is 2. The highest BCUT2D eigenvalue weighted by atomic mass is 32.2. The number of amides is 2. The third-order valence-electron chi connectivity index (χ3n) is 5.78. The SMILES string of the molecule is CC(C)C[C@H]1COc2cccc(c2)C[C@H](CO)NC(=O)c2cc(cc(N(C)S(C)(=O)=O)c2)C(=O)N1. The summed E-state index contributed by atoms with van der Waals surface area (Å²) in [7, 11) is -2.28. The van der Waals surface area contributed by atoms with Crippen LogP contribution in [-0.2, 0) is 16.4 Å². The molecule has 0 aliphatic carbocycles. The molecule has 1 aliphatic rings. The number of anilines is 1. The Morgan fingerprint density at radius 1 is 1.06 bits per heavy atom. The van der Waals surface area contributed by atoms with Crippen molar-refractivity contribution in [2.75, 3.05) is 30.8 Å². The first-order chi connectivity index (χ1) is 16.5. The van der Waals surface area contributed by atoms with Gasteiger partial charge in [-0.1, -0.05) is 26.0 Å². The molecule has 190 valence electrons. The first-order valence-electron chi connectivity index (χ1n) is 11.5. The van der Waals surface area contributed by atoms with E-state index >= 15 is 0 Å². The molecule has 1 aliphatic heterocycles. The fraction of sp³-hybridized carbons (Fsp3) is 0.440. The van der Waals surface area contributed by atoms with Gasteiger partial charge in [-0.3, -0.25) is 13.9 Å². The molecule has 2 aromatic carbocycles. The number of aliphatic hydroxyl groups is 1. The topological polar surface area (TPSA) is 125 Å². The minimum atomic E-state index is -3.64. The van der Waals surface area contributed by atoms with Gasteiger partial charge in [-0.05, 0) is 54.7 Å². The highest BCUT2D eigenvalue weighted by Gasteiger charge is 2.23. The standard InChI is InChI=1S/C25H33N3O6S/c1-16(2)8-21-15-34-23-7-5-6-17(10-23)9-20(14-29)26-24(30)18-11-19(25(31)27-21)13-22(12-18)28(3)35(4,32)33/h5-7,10-13,16,20-21,29H,8-9,14-15H2,1-4H3,(H,26,30)(H,27,31)/t20-,21+/m1/s1. The van der Waals surface area contributed by atoms with Gasteiger partial charge in [0.1, 0.15) is 12.4 Å². The van der Waals surface area contributed by atoms with Gasteiger partial charge in [0, 0.05) is 18.2 Å². The molecule has 35 heavy (non-hydrogen) atoms. The number of benzene rings is 2. The first-order valence-corrected chi connectivity index (χ1v) is 13.3. The van der Waals surface area contributed by atoms with Crippen molar-refractivity contribution in [1.82, 2.24) is 10.6 Å². The molecule has 0 aromatic heterocycles. The van der Waals surface area contributed by atoms with E-state index in [-0.39, 0.29) is 42.0 Å². The molecule has 0 fully saturated rings. The van der Waals surface area contributed by atoms with Gasteiger partial charge in [0.05, 0.1) is 30.6 Å². The van der Waals surface area contributed by atoms with Gasteiger partial charge in [-0.2, -0.15) is 0 Å². The molecule has 2 amide bonds. The van der Waals surface area contributed by atoms with Crippen LogP contribution in [0.5, 0.6) is 5.75 Å². The van der Waals surface area contributed by atoms with E-state index in [0.29, 0.717) is 18.6 Å². The van der Waals surface area contributed by atoms with Crippen molar-refractivity contribution in [3.05, 3.63) is 59.2 Å². The first kappa shape index (κ1) is 26.5. The van der Waals surface area contributed by atoms with Crippen molar-refractivity contribution in [1.29, 1.82) is 0 Å². The molecule has 9 nitrogen and oxygen atoms in total. The summed E-state index contributed by atoms with van der Waals surface area (Å²) >= 11 is 0. The van der Waals surface area contributed by atoms with Gasteiger partial charge in [-0.15, -0.1) is 0 Å². The van der Waals surface area contributed by atoms with E-state index in [4.69, 9.17) is 4.74 Å². The lowest BCUT2D eigenvalue weighted by molar-refractivity contribution is 0.0914. The summed E-state index contributed by atoms with van der Waals surface area (Å²) in [5, 5.41) is 15.6. The predicted octanol–water partition coefficient (Wildman–Crippen LogP) is 1.95. The average Bonchev–Trinajstić information content (AvgIpc) is 2.80. The van der Waals surface area contributed by atoms with Gasteiger partial charge in [0.15, 0.2) is 0 Å². The van der Waals surface area contributed by atoms with Crippen molar-refractivity contribution in [3.8, 4) is 5.75 Å². The summed E-state index contributed by atoms with van der Waals surface area (Å²) in [5.74, 6) is -0.0602. The maximum atomic E-state index is 13.2. The van der Waals surface area contributed by atoms with Crippen LogP contribution in [0.1, 0.15) is 46.5 Å². The molecule has 0 radical (unpaired) electrons. The van der Waals surface area contributed by atoms with Gasteiger partial charge in [0.25, 0.3) is 11.8 Å². The zero-order valence-electron chi connectivity index (χ0n) is 20.4. The summed E-state index contributed by atoms with van der Waals surface area (Å²) in [5.41, 5.74) is 1.31. The Labute approximate surface area is 206 Å². The van der Waals surface area contributed by atoms with Crippen LogP contribution in [0.15, 0.2) is 42.5 Å². The summed E-state index contributed by atoms with van der Waals surface area (Å²) < 4.78 is 31.3. The van der Waals surface area contributed by atoms with Gasteiger partial charge >= 0.3 is 0 Å². The summed E-state index contributed by atoms with van der Waals surface area (Å²) in [4.78, 5) is 26.3. The van der Waals surface area contributed by atoms with Crippen LogP contribution in [0.25, 0.3) is 0 Å². The number of ether oxygens (including phenoxy) is 1. The average molecular weight is 504 g/mol. The number of hydrogen-bond donors (Lipinski definition) is 3. The van der Waals surface area contributed by atoms with E-state index in [1.165, 1.54) is 25.2 Å². The Balaban J connectivity index is 2.08. The van der Waals surface area contributed by atoms with Crippen molar-refractivity contribution >= 4 is 27.5 Å². The third kappa shape index (κ3) is 7.19. The summed E-state index contributed by atoms with van der Waals surface area (Å²) in [6, 6.07) is 10.8. The molecule has 3 rings (SSSR count). The second-order valence-corrected chi connectivity index (χ2v) is 11.3. The Morgan fingerprint density at radius 2 is 1.69 bits per heavy atom. The van der Waals surface area contributed by atoms with Crippen LogP contribution < -0.4 is 19.7 Å². The molecule has 1 heterocycles. The molecule has 4 bridgehead atoms. The van der Waals surface area contributed by atoms with Gasteiger partial charge < -0.3 is 20.5 Å². The van der Waals surface area contributed by atoms with Crippen LogP contribution >= 0.6 is 0 Å². The monoisotopic (exact) mass is 503 g/mol. The lowest BCUT2D eigenvalue weighted by Crippen LogP contribution is -2.40. The maximum Gasteiger partial charge on any atom is 0.251 e. The molecule has 2 atom stereocenters. The van der Waals surface area contributed by atoms with Crippen LogP contribution in [0.3, 0.4) is 0 Å². The van der Waals surface area contributed by atoms with E-state index in [1.807, 2.05) is 38.1 Å². The lowest BCUT2D eigenvalue weighted by atomic mass is 10.0. The molecule has 0 saturated heterocycles. The van der Waals surface area contributed by atoms with E-state index in [2.05, 4.69) is 10.6 Å². The lowest BCUT2D eigenvalue weighted by Gasteiger charge is -2.22. The smallest absolute Gasteiger partial charge is 0.251 e. The fourth-order valence-electron chi connectivity index (χ4n) is 3.93. The molecule has 0 saturated carbocycles. The van der Waals surface area contributed by atoms with Crippen molar-refractivity contribution in [3.63, 3.8) is 0 Å². The Morgan fingerprint density at radius 3 is 2.26 bits per heavy atom. The third-order valence-corrected chi connectivity index (χ3v) is 6.99. The van der Waals surface area contributed by atoms with Crippen LogP contribution in [-0.4, -0.2) is 63.9 Å². The Bertz CT molecular complexity index is 1180. The number of nitrogens with one attached hydrogen (secondary N) is 2. The predicted molar refractivity (Wildman–Crippen MR) is 134 cm³/mol. The largest absolute Gasteiger partial charge is 0.491 e. The van der Waals surface area contributed by atoms with Crippen molar-refractivity contribution < 1.29 is 27.9 Å².